The first-order chi connectivity index (χ1) is 5.83. The van der Waals surface area contributed by atoms with E-state index in [0.717, 1.165) is 9.58 Å². The maximum absolute atomic E-state index is 9.01. The van der Waals surface area contributed by atoms with Crippen LogP contribution in [0.25, 0.3) is 10.1 Å². The number of aliphatic hydroxyl groups excluding tert-OH is 1. The van der Waals surface area contributed by atoms with Crippen LogP contribution in [0.15, 0.2) is 18.5 Å². The highest BCUT2D eigenvalue weighted by atomic mass is 32.1. The summed E-state index contributed by atoms with van der Waals surface area (Å²) in [5.41, 5.74) is 1.18. The molecule has 0 amide bonds. The predicted octanol–water partition coefficient (Wildman–Crippen LogP) is 2.10. The van der Waals surface area contributed by atoms with Crippen LogP contribution in [-0.4, -0.2) is 10.1 Å². The third-order valence-corrected chi connectivity index (χ3v) is 3.21. The third kappa shape index (κ3) is 1.02. The molecule has 1 N–H and O–H groups in total. The third-order valence-electron chi connectivity index (χ3n) is 1.98. The zero-order chi connectivity index (χ0) is 8.55. The van der Waals surface area contributed by atoms with Gasteiger partial charge in [-0.25, -0.2) is 0 Å². The molecule has 0 atom stereocenters. The van der Waals surface area contributed by atoms with Crippen molar-refractivity contribution in [2.45, 2.75) is 13.5 Å². The largest absolute Gasteiger partial charge is 0.391 e. The van der Waals surface area contributed by atoms with Gasteiger partial charge in [-0.05, 0) is 23.9 Å². The van der Waals surface area contributed by atoms with E-state index in [0.29, 0.717) is 0 Å². The van der Waals surface area contributed by atoms with E-state index in [2.05, 4.69) is 4.98 Å². The standard InChI is InChI=1S/C9H9NOS/c1-6-7-2-3-10-4-8(7)12-9(6)5-11/h2-4,11H,5H2,1H3. The van der Waals surface area contributed by atoms with Crippen molar-refractivity contribution in [3.8, 4) is 0 Å². The average Bonchev–Trinajstić information content (AvgIpc) is 2.44. The van der Waals surface area contributed by atoms with Crippen LogP contribution >= 0.6 is 11.3 Å². The molecule has 0 bridgehead atoms. The first-order valence-electron chi connectivity index (χ1n) is 3.76. The Hall–Kier alpha value is -0.930. The second-order valence-corrected chi connectivity index (χ2v) is 3.82. The molecule has 3 heteroatoms. The van der Waals surface area contributed by atoms with Gasteiger partial charge >= 0.3 is 0 Å². The maximum Gasteiger partial charge on any atom is 0.0777 e. The molecule has 0 radical (unpaired) electrons. The van der Waals surface area contributed by atoms with Gasteiger partial charge in [0.15, 0.2) is 0 Å². The van der Waals surface area contributed by atoms with Gasteiger partial charge < -0.3 is 5.11 Å². The highest BCUT2D eigenvalue weighted by Crippen LogP contribution is 2.29. The van der Waals surface area contributed by atoms with E-state index >= 15 is 0 Å². The monoisotopic (exact) mass is 179 g/mol. The van der Waals surface area contributed by atoms with Crippen LogP contribution in [0.5, 0.6) is 0 Å². The number of fused-ring (bicyclic) bond motifs is 1. The number of rotatable bonds is 1. The molecule has 0 saturated carbocycles. The van der Waals surface area contributed by atoms with Gasteiger partial charge in [0.25, 0.3) is 0 Å². The summed E-state index contributed by atoms with van der Waals surface area (Å²) < 4.78 is 1.15. The summed E-state index contributed by atoms with van der Waals surface area (Å²) in [6.45, 7) is 2.16. The molecule has 2 aromatic heterocycles. The van der Waals surface area contributed by atoms with Crippen molar-refractivity contribution in [3.63, 3.8) is 0 Å². The lowest BCUT2D eigenvalue weighted by Crippen LogP contribution is -1.78. The van der Waals surface area contributed by atoms with E-state index in [1.807, 2.05) is 19.2 Å². The summed E-state index contributed by atoms with van der Waals surface area (Å²) in [6.07, 6.45) is 3.62. The van der Waals surface area contributed by atoms with Gasteiger partial charge in [-0.15, -0.1) is 11.3 Å². The van der Waals surface area contributed by atoms with Crippen molar-refractivity contribution >= 4 is 21.4 Å². The van der Waals surface area contributed by atoms with Gasteiger partial charge in [0.05, 0.1) is 11.3 Å². The molecule has 0 unspecified atom stereocenters. The molecule has 2 aromatic rings. The van der Waals surface area contributed by atoms with E-state index < -0.39 is 0 Å². The van der Waals surface area contributed by atoms with E-state index in [4.69, 9.17) is 5.11 Å². The van der Waals surface area contributed by atoms with E-state index in [1.54, 1.807) is 17.5 Å². The Labute approximate surface area is 74.5 Å². The SMILES string of the molecule is Cc1c(CO)sc2cnccc12. The van der Waals surface area contributed by atoms with Gasteiger partial charge in [0.1, 0.15) is 0 Å². The highest BCUT2D eigenvalue weighted by molar-refractivity contribution is 7.19. The minimum absolute atomic E-state index is 0.130. The van der Waals surface area contributed by atoms with E-state index in [-0.39, 0.29) is 6.61 Å². The first kappa shape index (κ1) is 7.71. The molecule has 2 heterocycles. The summed E-state index contributed by atoms with van der Waals surface area (Å²) >= 11 is 1.61. The summed E-state index contributed by atoms with van der Waals surface area (Å²) in [6, 6.07) is 1.99. The van der Waals surface area contributed by atoms with Crippen LogP contribution in [0.1, 0.15) is 10.4 Å². The lowest BCUT2D eigenvalue weighted by molar-refractivity contribution is 0.285. The average molecular weight is 179 g/mol. The molecule has 2 rings (SSSR count). The maximum atomic E-state index is 9.01. The van der Waals surface area contributed by atoms with Crippen LogP contribution in [0.3, 0.4) is 0 Å². The Morgan fingerprint density at radius 3 is 3.08 bits per heavy atom. The summed E-state index contributed by atoms with van der Waals surface area (Å²) in [5.74, 6) is 0. The number of thiophene rings is 1. The number of hydrogen-bond acceptors (Lipinski definition) is 3. The van der Waals surface area contributed by atoms with Crippen molar-refractivity contribution in [3.05, 3.63) is 28.9 Å². The minimum Gasteiger partial charge on any atom is -0.391 e. The fourth-order valence-electron chi connectivity index (χ4n) is 1.28. The number of nitrogens with zero attached hydrogens (tertiary/aromatic N) is 1. The molecule has 0 spiro atoms. The molecule has 0 saturated heterocycles. The number of aliphatic hydroxyl groups is 1. The van der Waals surface area contributed by atoms with Gasteiger partial charge in [-0.2, -0.15) is 0 Å². The van der Waals surface area contributed by atoms with Gasteiger partial charge in [0.2, 0.25) is 0 Å². The van der Waals surface area contributed by atoms with E-state index in [1.165, 1.54) is 10.9 Å². The van der Waals surface area contributed by atoms with Gasteiger partial charge in [-0.3, -0.25) is 4.98 Å². The Morgan fingerprint density at radius 1 is 1.58 bits per heavy atom. The van der Waals surface area contributed by atoms with Gasteiger partial charge in [-0.1, -0.05) is 0 Å². The molecule has 62 valence electrons. The fourth-order valence-corrected chi connectivity index (χ4v) is 2.32. The zero-order valence-electron chi connectivity index (χ0n) is 6.74. The number of aromatic nitrogens is 1. The molecular weight excluding hydrogens is 170 g/mol. The first-order valence-corrected chi connectivity index (χ1v) is 4.57. The fraction of sp³-hybridized carbons (Fsp3) is 0.222. The molecule has 0 aromatic carbocycles. The normalized spacial score (nSPS) is 10.8. The Morgan fingerprint density at radius 2 is 2.42 bits per heavy atom. The molecular formula is C9H9NOS. The number of hydrogen-bond donors (Lipinski definition) is 1. The summed E-state index contributed by atoms with van der Waals surface area (Å²) in [4.78, 5) is 5.07. The van der Waals surface area contributed by atoms with E-state index in [9.17, 15) is 0 Å². The molecule has 0 fully saturated rings. The van der Waals surface area contributed by atoms with Gasteiger partial charge in [0, 0.05) is 17.3 Å². The highest BCUT2D eigenvalue weighted by Gasteiger charge is 2.05. The van der Waals surface area contributed by atoms with Crippen molar-refractivity contribution in [1.82, 2.24) is 4.98 Å². The second-order valence-electron chi connectivity index (χ2n) is 2.68. The Balaban J connectivity index is 2.78. The van der Waals surface area contributed by atoms with Crippen LogP contribution in [-0.2, 0) is 6.61 Å². The number of aryl methyl sites for hydroxylation is 1. The minimum atomic E-state index is 0.130. The lowest BCUT2D eigenvalue weighted by atomic mass is 10.2. The van der Waals surface area contributed by atoms with Crippen molar-refractivity contribution < 1.29 is 5.11 Å². The van der Waals surface area contributed by atoms with Crippen LogP contribution in [0.2, 0.25) is 0 Å². The topological polar surface area (TPSA) is 33.1 Å². The smallest absolute Gasteiger partial charge is 0.0777 e. The predicted molar refractivity (Wildman–Crippen MR) is 50.3 cm³/mol. The second kappa shape index (κ2) is 2.84. The zero-order valence-corrected chi connectivity index (χ0v) is 7.56. The lowest BCUT2D eigenvalue weighted by Gasteiger charge is -1.90. The molecule has 2 nitrogen and oxygen atoms in total. The van der Waals surface area contributed by atoms with Crippen LogP contribution < -0.4 is 0 Å². The molecule has 0 aliphatic carbocycles. The van der Waals surface area contributed by atoms with Crippen LogP contribution in [0.4, 0.5) is 0 Å². The van der Waals surface area contributed by atoms with Crippen molar-refractivity contribution in [2.75, 3.05) is 0 Å². The molecule has 12 heavy (non-hydrogen) atoms. The Bertz CT molecular complexity index is 408. The molecule has 0 aliphatic rings. The Kier molecular flexibility index (Phi) is 1.83. The van der Waals surface area contributed by atoms with Crippen molar-refractivity contribution in [2.24, 2.45) is 0 Å². The summed E-state index contributed by atoms with van der Waals surface area (Å²) in [5, 5.41) is 10.2. The van der Waals surface area contributed by atoms with Crippen LogP contribution in [0, 0.1) is 6.92 Å². The van der Waals surface area contributed by atoms with Crippen molar-refractivity contribution in [1.29, 1.82) is 0 Å². The molecule has 0 aliphatic heterocycles. The summed E-state index contributed by atoms with van der Waals surface area (Å²) in [7, 11) is 0. The number of pyridine rings is 1. The quantitative estimate of drug-likeness (QED) is 0.727.